The number of hydrogen-bond acceptors (Lipinski definition) is 20. The number of carbonyl (C=O) groups is 2. The minimum atomic E-state index is -1.85. The highest BCUT2D eigenvalue weighted by atomic mass is 16.6. The largest absolute Gasteiger partial charge is 0.508 e. The van der Waals surface area contributed by atoms with Crippen molar-refractivity contribution < 1.29 is 100 Å². The van der Waals surface area contributed by atoms with Crippen LogP contribution >= 0.6 is 0 Å². The molecule has 0 unspecified atom stereocenters. The van der Waals surface area contributed by atoms with Crippen molar-refractivity contribution in [1.82, 2.24) is 0 Å². The number of hydrogen-bond donors (Lipinski definition) is 14. The zero-order chi connectivity index (χ0) is 46.0. The first-order chi connectivity index (χ1) is 30.3. The molecule has 0 saturated heterocycles. The summed E-state index contributed by atoms with van der Waals surface area (Å²) in [4.78, 5) is 27.6. The van der Waals surface area contributed by atoms with Gasteiger partial charge < -0.3 is 90.4 Å². The highest BCUT2D eigenvalue weighted by molar-refractivity contribution is 5.92. The molecule has 5 atom stereocenters. The molecule has 2 aliphatic heterocycles. The number of esters is 2. The van der Waals surface area contributed by atoms with E-state index in [0.717, 1.165) is 66.7 Å². The lowest BCUT2D eigenvalue weighted by Gasteiger charge is -2.42. The Kier molecular flexibility index (Phi) is 10.1. The summed E-state index contributed by atoms with van der Waals surface area (Å²) < 4.78 is 24.6. The zero-order valence-electron chi connectivity index (χ0n) is 32.3. The lowest BCUT2D eigenvalue weighted by Crippen LogP contribution is -2.40. The van der Waals surface area contributed by atoms with Crippen LogP contribution in [0, 0.1) is 0 Å². The van der Waals surface area contributed by atoms with Gasteiger partial charge in [0.15, 0.2) is 75.8 Å². The first kappa shape index (κ1) is 41.8. The fraction of sp³-hybridized carbons (Fsp3) is 0.136. The molecule has 64 heavy (non-hydrogen) atoms. The Hall–Kier alpha value is -8.94. The summed E-state index contributed by atoms with van der Waals surface area (Å²) in [5, 5.41) is 147. The monoisotopic (exact) mass is 882 g/mol. The molecule has 0 saturated carbocycles. The summed E-state index contributed by atoms with van der Waals surface area (Å²) in [6.45, 7) is 0. The third kappa shape index (κ3) is 7.23. The van der Waals surface area contributed by atoms with Crippen molar-refractivity contribution in [1.29, 1.82) is 0 Å². The van der Waals surface area contributed by atoms with Gasteiger partial charge in [-0.15, -0.1) is 0 Å². The molecule has 0 spiro atoms. The van der Waals surface area contributed by atoms with Crippen LogP contribution in [-0.2, 0) is 15.9 Å². The van der Waals surface area contributed by atoms with Crippen LogP contribution in [0.15, 0.2) is 78.9 Å². The van der Waals surface area contributed by atoms with Crippen LogP contribution in [-0.4, -0.2) is 95.6 Å². The van der Waals surface area contributed by atoms with E-state index in [4.69, 9.17) is 18.9 Å². The molecule has 14 N–H and O–H groups in total. The molecule has 0 bridgehead atoms. The van der Waals surface area contributed by atoms with Gasteiger partial charge in [0.25, 0.3) is 0 Å². The number of carbonyl (C=O) groups excluding carboxylic acids is 2. The minimum Gasteiger partial charge on any atom is -0.508 e. The molecule has 20 nitrogen and oxygen atoms in total. The van der Waals surface area contributed by atoms with E-state index in [9.17, 15) is 81.1 Å². The van der Waals surface area contributed by atoms with Gasteiger partial charge in [0.1, 0.15) is 40.6 Å². The highest BCUT2D eigenvalue weighted by Gasteiger charge is 2.49. The molecule has 2 aliphatic rings. The molecule has 20 heteroatoms. The standard InChI is InChI=1S/C44H34O20/c45-19-11-26(51)34-32(12-19)61-40(16-2-4-22(47)25(50)6-16)42(64-44(60)18-9-30(55)38(58)31(56)10-18)36(34)35-27(52)14-23(48)20-13-33(62-43(59)17-7-28(53)37(57)29(54)8-17)39(63-41(20)35)15-1-3-21(46)24(49)5-15/h1-12,14,33,36,39-40,42,45-58H,13H2/t33-,36-,39+,40-,42-/m0/s1. The van der Waals surface area contributed by atoms with Crippen molar-refractivity contribution in [2.75, 3.05) is 0 Å². The minimum absolute atomic E-state index is 0.0106. The zero-order valence-corrected chi connectivity index (χ0v) is 32.3. The molecule has 0 radical (unpaired) electrons. The second-order valence-electron chi connectivity index (χ2n) is 14.8. The first-order valence-electron chi connectivity index (χ1n) is 18.7. The van der Waals surface area contributed by atoms with Crippen LogP contribution in [0.25, 0.3) is 0 Å². The summed E-state index contributed by atoms with van der Waals surface area (Å²) in [7, 11) is 0. The van der Waals surface area contributed by atoms with Gasteiger partial charge in [-0.1, -0.05) is 12.1 Å². The van der Waals surface area contributed by atoms with Gasteiger partial charge in [-0.2, -0.15) is 0 Å². The van der Waals surface area contributed by atoms with E-state index in [-0.39, 0.29) is 33.6 Å². The topological polar surface area (TPSA) is 354 Å². The van der Waals surface area contributed by atoms with Crippen LogP contribution < -0.4 is 9.47 Å². The molecular formula is C44H34O20. The Morgan fingerprint density at radius 2 is 0.969 bits per heavy atom. The van der Waals surface area contributed by atoms with Gasteiger partial charge in [-0.3, -0.25) is 0 Å². The summed E-state index contributed by atoms with van der Waals surface area (Å²) in [5.74, 6) is -15.6. The fourth-order valence-corrected chi connectivity index (χ4v) is 7.74. The quantitative estimate of drug-likeness (QED) is 0.0744. The maximum absolute atomic E-state index is 14.1. The summed E-state index contributed by atoms with van der Waals surface area (Å²) in [6, 6.07) is 12.6. The third-order valence-electron chi connectivity index (χ3n) is 10.7. The fourth-order valence-electron chi connectivity index (χ4n) is 7.74. The summed E-state index contributed by atoms with van der Waals surface area (Å²) in [6.07, 6.45) is -6.98. The van der Waals surface area contributed by atoms with Crippen LogP contribution in [0.5, 0.6) is 92.0 Å². The van der Waals surface area contributed by atoms with E-state index in [1.807, 2.05) is 0 Å². The maximum atomic E-state index is 14.1. The van der Waals surface area contributed by atoms with Gasteiger partial charge in [0.2, 0.25) is 0 Å². The van der Waals surface area contributed by atoms with Crippen LogP contribution in [0.1, 0.15) is 66.7 Å². The van der Waals surface area contributed by atoms with Crippen molar-refractivity contribution in [2.24, 2.45) is 0 Å². The molecular weight excluding hydrogens is 848 g/mol. The number of ether oxygens (including phenoxy) is 4. The van der Waals surface area contributed by atoms with Gasteiger partial charge in [-0.25, -0.2) is 9.59 Å². The molecule has 0 aliphatic carbocycles. The molecule has 0 aromatic heterocycles. The summed E-state index contributed by atoms with van der Waals surface area (Å²) in [5.41, 5.74) is -1.85. The molecule has 6 aromatic rings. The van der Waals surface area contributed by atoms with Crippen molar-refractivity contribution in [3.8, 4) is 92.0 Å². The Morgan fingerprint density at radius 3 is 1.50 bits per heavy atom. The number of phenols is 14. The average molecular weight is 883 g/mol. The number of phenolic OH excluding ortho intramolecular Hbond substituents is 14. The van der Waals surface area contributed by atoms with Crippen LogP contribution in [0.2, 0.25) is 0 Å². The predicted octanol–water partition coefficient (Wildman–Crippen LogP) is 4.96. The van der Waals surface area contributed by atoms with E-state index < -0.39 is 146 Å². The second-order valence-corrected chi connectivity index (χ2v) is 14.8. The Bertz CT molecular complexity index is 2860. The number of rotatable bonds is 7. The molecule has 2 heterocycles. The van der Waals surface area contributed by atoms with E-state index in [2.05, 4.69) is 0 Å². The maximum Gasteiger partial charge on any atom is 0.338 e. The highest BCUT2D eigenvalue weighted by Crippen LogP contribution is 2.58. The molecule has 330 valence electrons. The number of aromatic hydroxyl groups is 14. The second kappa shape index (κ2) is 15.5. The average Bonchev–Trinajstić information content (AvgIpc) is 3.23. The van der Waals surface area contributed by atoms with Crippen LogP contribution in [0.4, 0.5) is 0 Å². The smallest absolute Gasteiger partial charge is 0.338 e. The van der Waals surface area contributed by atoms with Crippen molar-refractivity contribution in [3.05, 3.63) is 118 Å². The molecule has 0 amide bonds. The van der Waals surface area contributed by atoms with E-state index >= 15 is 0 Å². The van der Waals surface area contributed by atoms with E-state index in [0.29, 0.717) is 0 Å². The van der Waals surface area contributed by atoms with Crippen molar-refractivity contribution in [2.45, 2.75) is 36.8 Å². The first-order valence-corrected chi connectivity index (χ1v) is 18.7. The summed E-state index contributed by atoms with van der Waals surface area (Å²) >= 11 is 0. The SMILES string of the molecule is O=C(O[C@H]1[C@H](c2c(O)cc(O)c3c2O[C@H](c2ccc(O)c(O)c2)[C@@H](OC(=O)c2cc(O)c(O)c(O)c2)C3)c2c(O)cc(O)cc2O[C@H]1c1ccc(O)c(O)c1)c1cc(O)c(O)c(O)c1. The van der Waals surface area contributed by atoms with Gasteiger partial charge >= 0.3 is 11.9 Å². The Morgan fingerprint density at radius 1 is 0.469 bits per heavy atom. The number of fused-ring (bicyclic) bond motifs is 2. The van der Waals surface area contributed by atoms with E-state index in [1.165, 1.54) is 12.1 Å². The molecule has 8 rings (SSSR count). The van der Waals surface area contributed by atoms with Gasteiger partial charge in [0.05, 0.1) is 17.0 Å². The van der Waals surface area contributed by atoms with E-state index in [1.54, 1.807) is 0 Å². The Balaban J connectivity index is 1.34. The van der Waals surface area contributed by atoms with Crippen molar-refractivity contribution >= 4 is 11.9 Å². The lowest BCUT2D eigenvalue weighted by molar-refractivity contribution is -0.0303. The lowest BCUT2D eigenvalue weighted by atomic mass is 9.77. The Labute approximate surface area is 358 Å². The molecule has 0 fully saturated rings. The van der Waals surface area contributed by atoms with Crippen LogP contribution in [0.3, 0.4) is 0 Å². The number of benzene rings is 6. The van der Waals surface area contributed by atoms with Gasteiger partial charge in [0, 0.05) is 52.4 Å². The third-order valence-corrected chi connectivity index (χ3v) is 10.7. The normalized spacial score (nSPS) is 18.7. The molecule has 6 aromatic carbocycles. The van der Waals surface area contributed by atoms with Crippen molar-refractivity contribution in [3.63, 3.8) is 0 Å². The van der Waals surface area contributed by atoms with Gasteiger partial charge in [-0.05, 0) is 48.5 Å². The predicted molar refractivity (Wildman–Crippen MR) is 213 cm³/mol.